The van der Waals surface area contributed by atoms with Crippen molar-refractivity contribution in [3.63, 3.8) is 0 Å². The van der Waals surface area contributed by atoms with E-state index in [-0.39, 0.29) is 18.2 Å². The molecular formula is C15H23N3O2. The lowest BCUT2D eigenvalue weighted by Gasteiger charge is -2.20. The molecule has 1 aromatic rings. The fourth-order valence-corrected chi connectivity index (χ4v) is 1.94. The van der Waals surface area contributed by atoms with Gasteiger partial charge < -0.3 is 16.0 Å². The van der Waals surface area contributed by atoms with Crippen LogP contribution >= 0.6 is 0 Å². The normalized spacial score (nSPS) is 11.8. The molecule has 1 aromatic carbocycles. The largest absolute Gasteiger partial charge is 0.344 e. The monoisotopic (exact) mass is 277 g/mol. The van der Waals surface area contributed by atoms with Crippen molar-refractivity contribution in [2.75, 3.05) is 13.6 Å². The molecule has 1 unspecified atom stereocenters. The highest BCUT2D eigenvalue weighted by Crippen LogP contribution is 2.08. The average Bonchev–Trinajstić information content (AvgIpc) is 2.45. The van der Waals surface area contributed by atoms with Crippen LogP contribution in [0.2, 0.25) is 0 Å². The Morgan fingerprint density at radius 3 is 2.45 bits per heavy atom. The van der Waals surface area contributed by atoms with Crippen molar-refractivity contribution in [1.29, 1.82) is 0 Å². The molecule has 0 saturated carbocycles. The van der Waals surface area contributed by atoms with E-state index in [1.807, 2.05) is 31.2 Å². The molecule has 0 bridgehead atoms. The predicted octanol–water partition coefficient (Wildman–Crippen LogP) is 0.671. The number of nitrogens with one attached hydrogen (secondary N) is 1. The third-order valence-corrected chi connectivity index (χ3v) is 3.29. The third kappa shape index (κ3) is 4.35. The topological polar surface area (TPSA) is 75.4 Å². The molecule has 0 saturated heterocycles. The van der Waals surface area contributed by atoms with E-state index in [1.165, 1.54) is 0 Å². The average molecular weight is 277 g/mol. The van der Waals surface area contributed by atoms with E-state index in [0.29, 0.717) is 13.1 Å². The van der Waals surface area contributed by atoms with Crippen molar-refractivity contribution >= 4 is 11.8 Å². The summed E-state index contributed by atoms with van der Waals surface area (Å²) in [7, 11) is 1.72. The van der Waals surface area contributed by atoms with Crippen LogP contribution in [0, 0.1) is 0 Å². The number of benzene rings is 1. The van der Waals surface area contributed by atoms with Gasteiger partial charge in [-0.2, -0.15) is 0 Å². The molecule has 5 nitrogen and oxygen atoms in total. The molecule has 0 fully saturated rings. The summed E-state index contributed by atoms with van der Waals surface area (Å²) >= 11 is 0. The number of amides is 2. The molecule has 5 heteroatoms. The van der Waals surface area contributed by atoms with E-state index in [2.05, 4.69) is 5.32 Å². The van der Waals surface area contributed by atoms with Crippen molar-refractivity contribution in [3.8, 4) is 0 Å². The Morgan fingerprint density at radius 2 is 1.90 bits per heavy atom. The first kappa shape index (κ1) is 16.2. The molecule has 0 aromatic heterocycles. The molecule has 0 heterocycles. The van der Waals surface area contributed by atoms with Crippen molar-refractivity contribution in [1.82, 2.24) is 10.2 Å². The van der Waals surface area contributed by atoms with Gasteiger partial charge in [0.25, 0.3) is 0 Å². The molecule has 0 aliphatic heterocycles. The number of nitrogens with zero attached hydrogens (tertiary/aromatic N) is 1. The maximum atomic E-state index is 12.0. The maximum absolute atomic E-state index is 12.0. The van der Waals surface area contributed by atoms with Gasteiger partial charge in [-0.05, 0) is 25.0 Å². The summed E-state index contributed by atoms with van der Waals surface area (Å²) in [6.07, 6.45) is 0.237. The van der Waals surface area contributed by atoms with Gasteiger partial charge in [-0.15, -0.1) is 0 Å². The Balaban J connectivity index is 2.62. The lowest BCUT2D eigenvalue weighted by atomic mass is 10.0. The zero-order valence-corrected chi connectivity index (χ0v) is 12.3. The van der Waals surface area contributed by atoms with Crippen LogP contribution in [-0.2, 0) is 22.6 Å². The van der Waals surface area contributed by atoms with Gasteiger partial charge >= 0.3 is 0 Å². The fourth-order valence-electron chi connectivity index (χ4n) is 1.94. The first-order chi connectivity index (χ1) is 9.49. The molecule has 0 spiro atoms. The third-order valence-electron chi connectivity index (χ3n) is 3.29. The van der Waals surface area contributed by atoms with E-state index >= 15 is 0 Å². The quantitative estimate of drug-likeness (QED) is 0.802. The highest BCUT2D eigenvalue weighted by atomic mass is 16.2. The molecule has 1 atom stereocenters. The van der Waals surface area contributed by atoms with E-state index < -0.39 is 6.04 Å². The molecule has 0 aliphatic rings. The van der Waals surface area contributed by atoms with E-state index in [9.17, 15) is 9.59 Å². The van der Waals surface area contributed by atoms with Crippen molar-refractivity contribution in [2.45, 2.75) is 32.9 Å². The number of carbonyl (C=O) groups is 2. The van der Waals surface area contributed by atoms with Crippen LogP contribution in [0.25, 0.3) is 0 Å². The standard InChI is InChI=1S/C15H23N3O2/c1-4-18(3)15(20)11(2)17-14(19)9-12-7-5-6-8-13(12)10-16/h5-8,11H,4,9-10,16H2,1-3H3,(H,17,19). The van der Waals surface area contributed by atoms with Crippen LogP contribution in [0.4, 0.5) is 0 Å². The second-order valence-corrected chi connectivity index (χ2v) is 4.79. The lowest BCUT2D eigenvalue weighted by Crippen LogP contribution is -2.45. The number of hydrogen-bond acceptors (Lipinski definition) is 3. The number of nitrogens with two attached hydrogens (primary N) is 1. The van der Waals surface area contributed by atoms with E-state index in [4.69, 9.17) is 5.73 Å². The summed E-state index contributed by atoms with van der Waals surface area (Å²) in [5.41, 5.74) is 7.49. The molecule has 0 aliphatic carbocycles. The molecule has 110 valence electrons. The Hall–Kier alpha value is -1.88. The SMILES string of the molecule is CCN(C)C(=O)C(C)NC(=O)Cc1ccccc1CN. The Labute approximate surface area is 120 Å². The predicted molar refractivity (Wildman–Crippen MR) is 79.0 cm³/mol. The minimum Gasteiger partial charge on any atom is -0.344 e. The first-order valence-electron chi connectivity index (χ1n) is 6.80. The highest BCUT2D eigenvalue weighted by molar-refractivity contribution is 5.88. The second kappa shape index (κ2) is 7.65. The lowest BCUT2D eigenvalue weighted by molar-refractivity contribution is -0.134. The van der Waals surface area contributed by atoms with Crippen molar-refractivity contribution < 1.29 is 9.59 Å². The van der Waals surface area contributed by atoms with Crippen LogP contribution in [0.3, 0.4) is 0 Å². The van der Waals surface area contributed by atoms with Gasteiger partial charge in [0.05, 0.1) is 6.42 Å². The molecule has 2 amide bonds. The summed E-state index contributed by atoms with van der Waals surface area (Å²) in [6, 6.07) is 7.04. The molecule has 0 radical (unpaired) electrons. The van der Waals surface area contributed by atoms with Gasteiger partial charge in [0, 0.05) is 20.1 Å². The van der Waals surface area contributed by atoms with Gasteiger partial charge in [-0.3, -0.25) is 9.59 Å². The zero-order chi connectivity index (χ0) is 15.1. The van der Waals surface area contributed by atoms with Crippen LogP contribution in [-0.4, -0.2) is 36.3 Å². The number of rotatable bonds is 6. The summed E-state index contributed by atoms with van der Waals surface area (Å²) in [5, 5.41) is 2.72. The minimum atomic E-state index is -0.516. The van der Waals surface area contributed by atoms with Crippen LogP contribution in [0.5, 0.6) is 0 Å². The Bertz CT molecular complexity index is 474. The molecule has 3 N–H and O–H groups in total. The zero-order valence-electron chi connectivity index (χ0n) is 12.3. The number of hydrogen-bond donors (Lipinski definition) is 2. The fraction of sp³-hybridized carbons (Fsp3) is 0.467. The summed E-state index contributed by atoms with van der Waals surface area (Å²) in [4.78, 5) is 25.4. The van der Waals surface area contributed by atoms with Crippen LogP contribution in [0.15, 0.2) is 24.3 Å². The minimum absolute atomic E-state index is 0.0899. The Kier molecular flexibility index (Phi) is 6.18. The summed E-state index contributed by atoms with van der Waals surface area (Å²) < 4.78 is 0. The van der Waals surface area contributed by atoms with E-state index in [1.54, 1.807) is 18.9 Å². The first-order valence-corrected chi connectivity index (χ1v) is 6.80. The van der Waals surface area contributed by atoms with E-state index in [0.717, 1.165) is 11.1 Å². The smallest absolute Gasteiger partial charge is 0.244 e. The summed E-state index contributed by atoms with van der Waals surface area (Å²) in [6.45, 7) is 4.61. The van der Waals surface area contributed by atoms with Gasteiger partial charge in [-0.1, -0.05) is 24.3 Å². The van der Waals surface area contributed by atoms with Gasteiger partial charge in [0.1, 0.15) is 6.04 Å². The van der Waals surface area contributed by atoms with Crippen molar-refractivity contribution in [2.24, 2.45) is 5.73 Å². The number of carbonyl (C=O) groups excluding carboxylic acids is 2. The van der Waals surface area contributed by atoms with Crippen LogP contribution in [0.1, 0.15) is 25.0 Å². The Morgan fingerprint density at radius 1 is 1.30 bits per heavy atom. The van der Waals surface area contributed by atoms with Gasteiger partial charge in [0.2, 0.25) is 11.8 Å². The maximum Gasteiger partial charge on any atom is 0.244 e. The molecule has 1 rings (SSSR count). The number of likely N-dealkylation sites (N-methyl/N-ethyl adjacent to an activating group) is 1. The van der Waals surface area contributed by atoms with Gasteiger partial charge in [-0.25, -0.2) is 0 Å². The summed E-state index contributed by atoms with van der Waals surface area (Å²) in [5.74, 6) is -0.260. The highest BCUT2D eigenvalue weighted by Gasteiger charge is 2.18. The second-order valence-electron chi connectivity index (χ2n) is 4.79. The molecular weight excluding hydrogens is 254 g/mol. The van der Waals surface area contributed by atoms with Gasteiger partial charge in [0.15, 0.2) is 0 Å². The molecule has 20 heavy (non-hydrogen) atoms. The van der Waals surface area contributed by atoms with Crippen LogP contribution < -0.4 is 11.1 Å². The van der Waals surface area contributed by atoms with Crippen molar-refractivity contribution in [3.05, 3.63) is 35.4 Å².